The summed E-state index contributed by atoms with van der Waals surface area (Å²) in [5, 5.41) is 5.02. The van der Waals surface area contributed by atoms with Crippen molar-refractivity contribution < 1.29 is 14.3 Å². The SMILES string of the molecule is CC1(C)CC(=O)C2=C(C1)OC1=C(C(=O)CC(C)(C)C1)C2c1cn(-c2ccccc2)nc1-c1ccccc1. The first-order chi connectivity index (χ1) is 17.6. The minimum atomic E-state index is -0.487. The average molecular weight is 493 g/mol. The van der Waals surface area contributed by atoms with Gasteiger partial charge in [-0.25, -0.2) is 4.68 Å². The van der Waals surface area contributed by atoms with Crippen LogP contribution in [0.15, 0.2) is 89.5 Å². The highest BCUT2D eigenvalue weighted by atomic mass is 16.5. The lowest BCUT2D eigenvalue weighted by Crippen LogP contribution is -2.37. The van der Waals surface area contributed by atoms with E-state index in [2.05, 4.69) is 27.7 Å². The van der Waals surface area contributed by atoms with E-state index < -0.39 is 5.92 Å². The van der Waals surface area contributed by atoms with Gasteiger partial charge >= 0.3 is 0 Å². The maximum atomic E-state index is 13.8. The minimum Gasteiger partial charge on any atom is -0.465 e. The molecular weight excluding hydrogens is 460 g/mol. The van der Waals surface area contributed by atoms with E-state index in [1.165, 1.54) is 0 Å². The molecule has 1 aliphatic heterocycles. The largest absolute Gasteiger partial charge is 0.465 e. The lowest BCUT2D eigenvalue weighted by Gasteiger charge is -2.42. The van der Waals surface area contributed by atoms with E-state index in [-0.39, 0.29) is 22.4 Å². The highest BCUT2D eigenvalue weighted by Gasteiger charge is 2.48. The van der Waals surface area contributed by atoms with E-state index in [0.717, 1.165) is 34.0 Å². The highest BCUT2D eigenvalue weighted by molar-refractivity contribution is 6.06. The van der Waals surface area contributed by atoms with E-state index in [0.29, 0.717) is 36.8 Å². The number of rotatable bonds is 3. The molecule has 0 spiro atoms. The fraction of sp³-hybridized carbons (Fsp3) is 0.344. The van der Waals surface area contributed by atoms with Crippen LogP contribution in [0.5, 0.6) is 0 Å². The predicted molar refractivity (Wildman–Crippen MR) is 143 cm³/mol. The number of Topliss-reactive ketones (excluding diaryl/α,β-unsaturated/α-hetero) is 2. The third-order valence-electron chi connectivity index (χ3n) is 7.70. The molecule has 6 rings (SSSR count). The van der Waals surface area contributed by atoms with Crippen molar-refractivity contribution in [3.05, 3.63) is 95.1 Å². The Bertz CT molecular complexity index is 1420. The number of para-hydroxylation sites is 1. The van der Waals surface area contributed by atoms with Crippen LogP contribution in [0.4, 0.5) is 0 Å². The third-order valence-corrected chi connectivity index (χ3v) is 7.70. The number of nitrogens with zero attached hydrogens (tertiary/aromatic N) is 2. The normalized spacial score (nSPS) is 21.0. The third kappa shape index (κ3) is 4.16. The zero-order valence-electron chi connectivity index (χ0n) is 21.9. The van der Waals surface area contributed by atoms with Crippen LogP contribution in [-0.4, -0.2) is 21.3 Å². The first-order valence-corrected chi connectivity index (χ1v) is 13.0. The summed E-state index contributed by atoms with van der Waals surface area (Å²) in [4.78, 5) is 27.5. The van der Waals surface area contributed by atoms with Crippen LogP contribution in [0.3, 0.4) is 0 Å². The van der Waals surface area contributed by atoms with Crippen molar-refractivity contribution in [3.8, 4) is 16.9 Å². The molecule has 188 valence electrons. The van der Waals surface area contributed by atoms with Gasteiger partial charge in [0.05, 0.1) is 17.3 Å². The Morgan fingerprint density at radius 2 is 1.27 bits per heavy atom. The second-order valence-electron chi connectivity index (χ2n) is 12.2. The summed E-state index contributed by atoms with van der Waals surface area (Å²) in [6.07, 6.45) is 4.21. The summed E-state index contributed by atoms with van der Waals surface area (Å²) >= 11 is 0. The number of ketones is 2. The van der Waals surface area contributed by atoms with Gasteiger partial charge < -0.3 is 4.74 Å². The molecule has 0 bridgehead atoms. The molecule has 3 aromatic rings. The molecule has 0 saturated heterocycles. The highest BCUT2D eigenvalue weighted by Crippen LogP contribution is 2.54. The maximum Gasteiger partial charge on any atom is 0.163 e. The molecule has 37 heavy (non-hydrogen) atoms. The van der Waals surface area contributed by atoms with Crippen molar-refractivity contribution in [1.29, 1.82) is 0 Å². The number of hydrogen-bond acceptors (Lipinski definition) is 4. The summed E-state index contributed by atoms with van der Waals surface area (Å²) in [5.41, 5.74) is 4.42. The average Bonchev–Trinajstić information content (AvgIpc) is 3.27. The molecule has 0 unspecified atom stereocenters. The van der Waals surface area contributed by atoms with Crippen LogP contribution in [0, 0.1) is 10.8 Å². The molecule has 0 N–H and O–H groups in total. The summed E-state index contributed by atoms with van der Waals surface area (Å²) in [5.74, 6) is 1.08. The van der Waals surface area contributed by atoms with Crippen molar-refractivity contribution in [3.63, 3.8) is 0 Å². The van der Waals surface area contributed by atoms with Crippen LogP contribution >= 0.6 is 0 Å². The molecule has 0 atom stereocenters. The maximum absolute atomic E-state index is 13.8. The Morgan fingerprint density at radius 1 is 0.757 bits per heavy atom. The standard InChI is InChI=1S/C32H32N2O3/c1-31(2)15-23(35)28-25(17-31)37-26-18-32(3,4)16-24(36)29(26)27(28)22-19-34(21-13-9-6-10-14-21)33-30(22)20-11-7-5-8-12-20/h5-14,19,27H,15-18H2,1-4H3. The van der Waals surface area contributed by atoms with Gasteiger partial charge in [-0.15, -0.1) is 0 Å². The van der Waals surface area contributed by atoms with Gasteiger partial charge in [0, 0.05) is 54.2 Å². The van der Waals surface area contributed by atoms with Gasteiger partial charge in [0.25, 0.3) is 0 Å². The van der Waals surface area contributed by atoms with E-state index >= 15 is 0 Å². The molecule has 2 heterocycles. The van der Waals surface area contributed by atoms with Gasteiger partial charge in [0.15, 0.2) is 11.6 Å². The number of benzene rings is 2. The molecule has 0 radical (unpaired) electrons. The van der Waals surface area contributed by atoms with E-state index in [1.54, 1.807) is 0 Å². The van der Waals surface area contributed by atoms with Crippen molar-refractivity contribution in [2.45, 2.75) is 59.3 Å². The molecule has 3 aliphatic rings. The van der Waals surface area contributed by atoms with Gasteiger partial charge in [-0.2, -0.15) is 5.10 Å². The predicted octanol–water partition coefficient (Wildman–Crippen LogP) is 6.94. The van der Waals surface area contributed by atoms with Crippen LogP contribution in [0.25, 0.3) is 16.9 Å². The first-order valence-electron chi connectivity index (χ1n) is 13.0. The van der Waals surface area contributed by atoms with Gasteiger partial charge in [-0.05, 0) is 23.0 Å². The second kappa shape index (κ2) is 8.41. The van der Waals surface area contributed by atoms with E-state index in [4.69, 9.17) is 9.84 Å². The smallest absolute Gasteiger partial charge is 0.163 e. The minimum absolute atomic E-state index is 0.0620. The fourth-order valence-corrected chi connectivity index (χ4v) is 6.12. The van der Waals surface area contributed by atoms with Crippen LogP contribution in [0.2, 0.25) is 0 Å². The van der Waals surface area contributed by atoms with Gasteiger partial charge in [-0.3, -0.25) is 9.59 Å². The monoisotopic (exact) mass is 492 g/mol. The fourth-order valence-electron chi connectivity index (χ4n) is 6.12. The molecule has 2 aliphatic carbocycles. The zero-order valence-corrected chi connectivity index (χ0v) is 21.9. The Morgan fingerprint density at radius 3 is 1.81 bits per heavy atom. The first kappa shape index (κ1) is 23.7. The lowest BCUT2D eigenvalue weighted by molar-refractivity contribution is -0.120. The summed E-state index contributed by atoms with van der Waals surface area (Å²) in [6, 6.07) is 20.0. The Balaban J connectivity index is 1.62. The van der Waals surface area contributed by atoms with Crippen molar-refractivity contribution in [1.82, 2.24) is 9.78 Å². The van der Waals surface area contributed by atoms with Gasteiger partial charge in [-0.1, -0.05) is 76.2 Å². The van der Waals surface area contributed by atoms with Crippen LogP contribution < -0.4 is 0 Å². The topological polar surface area (TPSA) is 61.2 Å². The van der Waals surface area contributed by atoms with Crippen molar-refractivity contribution in [2.24, 2.45) is 10.8 Å². The molecular formula is C32H32N2O3. The Labute approximate surface area is 217 Å². The molecule has 0 amide bonds. The second-order valence-corrected chi connectivity index (χ2v) is 12.2. The number of hydrogen-bond donors (Lipinski definition) is 0. The molecule has 0 saturated carbocycles. The molecule has 2 aromatic carbocycles. The lowest BCUT2D eigenvalue weighted by atomic mass is 9.65. The van der Waals surface area contributed by atoms with Crippen LogP contribution in [0.1, 0.15) is 64.9 Å². The number of ether oxygens (including phenoxy) is 1. The van der Waals surface area contributed by atoms with E-state index in [1.807, 2.05) is 71.5 Å². The molecule has 0 fully saturated rings. The summed E-state index contributed by atoms with van der Waals surface area (Å²) in [6.45, 7) is 8.43. The number of carbonyl (C=O) groups is 2. The number of carbonyl (C=O) groups excluding carboxylic acids is 2. The zero-order chi connectivity index (χ0) is 25.9. The van der Waals surface area contributed by atoms with Crippen molar-refractivity contribution in [2.75, 3.05) is 0 Å². The van der Waals surface area contributed by atoms with E-state index in [9.17, 15) is 9.59 Å². The molecule has 5 nitrogen and oxygen atoms in total. The van der Waals surface area contributed by atoms with Crippen LogP contribution in [-0.2, 0) is 14.3 Å². The number of aromatic nitrogens is 2. The molecule has 5 heteroatoms. The van der Waals surface area contributed by atoms with Gasteiger partial charge in [0.2, 0.25) is 0 Å². The number of allylic oxidation sites excluding steroid dienone is 4. The molecule has 1 aromatic heterocycles. The Kier molecular flexibility index (Phi) is 5.37. The Hall–Kier alpha value is -3.73. The van der Waals surface area contributed by atoms with Gasteiger partial charge in [0.1, 0.15) is 11.5 Å². The summed E-state index contributed by atoms with van der Waals surface area (Å²) < 4.78 is 8.35. The quantitative estimate of drug-likeness (QED) is 0.397. The van der Waals surface area contributed by atoms with Crippen molar-refractivity contribution >= 4 is 11.6 Å². The summed E-state index contributed by atoms with van der Waals surface area (Å²) in [7, 11) is 0.